The molecule has 0 atom stereocenters. The van der Waals surface area contributed by atoms with Gasteiger partial charge in [-0.3, -0.25) is 4.90 Å². The van der Waals surface area contributed by atoms with Crippen molar-refractivity contribution >= 4 is 35.1 Å². The van der Waals surface area contributed by atoms with Crippen LogP contribution in [0.5, 0.6) is 5.88 Å². The molecule has 4 rings (SSSR count). The van der Waals surface area contributed by atoms with E-state index >= 15 is 0 Å². The van der Waals surface area contributed by atoms with E-state index < -0.39 is 6.09 Å². The van der Waals surface area contributed by atoms with Crippen LogP contribution in [0.4, 0.5) is 10.6 Å². The van der Waals surface area contributed by atoms with Gasteiger partial charge in [-0.15, -0.1) is 10.2 Å². The van der Waals surface area contributed by atoms with E-state index in [1.807, 2.05) is 18.2 Å². The fraction of sp³-hybridized carbons (Fsp3) is 0.476. The lowest BCUT2D eigenvalue weighted by molar-refractivity contribution is 0.197. The minimum Gasteiger partial charge on any atom is -0.390 e. The van der Waals surface area contributed by atoms with E-state index in [-0.39, 0.29) is 5.88 Å². The van der Waals surface area contributed by atoms with Gasteiger partial charge in [0.2, 0.25) is 5.88 Å². The minimum atomic E-state index is -0.479. The van der Waals surface area contributed by atoms with Crippen molar-refractivity contribution in [1.29, 1.82) is 0 Å². The summed E-state index contributed by atoms with van der Waals surface area (Å²) in [5.74, 6) is 1.76. The fourth-order valence-corrected chi connectivity index (χ4v) is 3.95. The van der Waals surface area contributed by atoms with Crippen LogP contribution in [0, 0.1) is 5.92 Å². The maximum atomic E-state index is 11.8. The summed E-state index contributed by atoms with van der Waals surface area (Å²) in [6.45, 7) is 4.88. The first-order chi connectivity index (χ1) is 14.6. The quantitative estimate of drug-likeness (QED) is 0.688. The van der Waals surface area contributed by atoms with Crippen LogP contribution >= 0.6 is 23.2 Å². The van der Waals surface area contributed by atoms with E-state index in [4.69, 9.17) is 27.9 Å². The van der Waals surface area contributed by atoms with Gasteiger partial charge in [0.15, 0.2) is 5.82 Å². The van der Waals surface area contributed by atoms with Crippen LogP contribution in [0.2, 0.25) is 10.0 Å². The molecule has 30 heavy (non-hydrogen) atoms. The Morgan fingerprint density at radius 2 is 1.90 bits per heavy atom. The number of aromatic nitrogens is 2. The Bertz CT molecular complexity index is 868. The van der Waals surface area contributed by atoms with E-state index in [1.165, 1.54) is 12.8 Å². The highest BCUT2D eigenvalue weighted by atomic mass is 35.5. The van der Waals surface area contributed by atoms with Gasteiger partial charge in [0, 0.05) is 55.4 Å². The smallest absolute Gasteiger partial charge is 0.390 e. The van der Waals surface area contributed by atoms with E-state index in [0.717, 1.165) is 56.4 Å². The van der Waals surface area contributed by atoms with E-state index in [2.05, 4.69) is 25.3 Å². The lowest BCUT2D eigenvalue weighted by atomic mass is 10.2. The van der Waals surface area contributed by atoms with Gasteiger partial charge in [-0.1, -0.05) is 42.1 Å². The summed E-state index contributed by atoms with van der Waals surface area (Å²) in [7, 11) is 0. The third-order valence-corrected chi connectivity index (χ3v) is 6.03. The molecule has 0 radical (unpaired) electrons. The third kappa shape index (κ3) is 5.97. The number of rotatable bonds is 7. The number of hydrogen-bond donors (Lipinski definition) is 1. The third-order valence-electron chi connectivity index (χ3n) is 5.45. The molecule has 1 saturated carbocycles. The summed E-state index contributed by atoms with van der Waals surface area (Å²) >= 11 is 12.3. The molecule has 7 nitrogen and oxygen atoms in total. The lowest BCUT2D eigenvalue weighted by Crippen LogP contribution is -2.46. The number of halogens is 2. The molecular formula is C21H25Cl2N5O2. The number of benzene rings is 1. The van der Waals surface area contributed by atoms with Crippen LogP contribution in [0.15, 0.2) is 30.3 Å². The van der Waals surface area contributed by atoms with Crippen molar-refractivity contribution in [2.45, 2.75) is 25.8 Å². The molecule has 1 aromatic heterocycles. The largest absolute Gasteiger partial charge is 0.413 e. The molecule has 1 amide bonds. The summed E-state index contributed by atoms with van der Waals surface area (Å²) in [6.07, 6.45) is 3.07. The number of carbonyl (C=O) groups excluding carboxylic acids is 1. The minimum absolute atomic E-state index is 0.207. The summed E-state index contributed by atoms with van der Waals surface area (Å²) in [4.78, 5) is 16.3. The van der Waals surface area contributed by atoms with Crippen molar-refractivity contribution in [1.82, 2.24) is 20.4 Å². The highest BCUT2D eigenvalue weighted by molar-refractivity contribution is 6.35. The monoisotopic (exact) mass is 449 g/mol. The highest BCUT2D eigenvalue weighted by Crippen LogP contribution is 2.31. The molecule has 0 unspecified atom stereocenters. The lowest BCUT2D eigenvalue weighted by Gasteiger charge is -2.35. The van der Waals surface area contributed by atoms with Gasteiger partial charge in [0.1, 0.15) is 0 Å². The molecule has 1 aromatic carbocycles. The Balaban J connectivity index is 1.22. The van der Waals surface area contributed by atoms with Crippen LogP contribution < -0.4 is 15.0 Å². The summed E-state index contributed by atoms with van der Waals surface area (Å²) in [6, 6.07) is 9.14. The molecule has 2 aromatic rings. The second kappa shape index (κ2) is 9.81. The second-order valence-corrected chi connectivity index (χ2v) is 8.62. The SMILES string of the molecule is O=C(NCCC1CC1)Oc1ccc(N2CCN(Cc3ccc(Cl)cc3Cl)CC2)nn1. The van der Waals surface area contributed by atoms with Gasteiger partial charge in [-0.05, 0) is 36.1 Å². The molecule has 0 spiro atoms. The molecule has 0 bridgehead atoms. The molecule has 1 aliphatic carbocycles. The Hall–Kier alpha value is -2.09. The Labute approximate surface area is 186 Å². The number of amides is 1. The number of hydrogen-bond acceptors (Lipinski definition) is 6. The molecule has 2 heterocycles. The molecule has 1 aliphatic heterocycles. The van der Waals surface area contributed by atoms with Crippen LogP contribution in [-0.4, -0.2) is 53.9 Å². The number of nitrogens with one attached hydrogen (secondary N) is 1. The predicted octanol–water partition coefficient (Wildman–Crippen LogP) is 3.99. The molecule has 2 fully saturated rings. The van der Waals surface area contributed by atoms with Crippen molar-refractivity contribution in [3.8, 4) is 5.88 Å². The number of piperazine rings is 1. The zero-order valence-electron chi connectivity index (χ0n) is 16.7. The summed E-state index contributed by atoms with van der Waals surface area (Å²) < 4.78 is 5.19. The standard InChI is InChI=1S/C21H25Cl2N5O2/c22-17-4-3-16(18(23)13-17)14-27-9-11-28(12-10-27)19-5-6-20(26-25-19)30-21(29)24-8-7-15-1-2-15/h3-6,13,15H,1-2,7-12,14H2,(H,24,29). The normalized spacial score (nSPS) is 17.1. The summed E-state index contributed by atoms with van der Waals surface area (Å²) in [5.41, 5.74) is 1.08. The average molecular weight is 450 g/mol. The van der Waals surface area contributed by atoms with Gasteiger partial charge in [0.05, 0.1) is 0 Å². The van der Waals surface area contributed by atoms with Crippen molar-refractivity contribution < 1.29 is 9.53 Å². The van der Waals surface area contributed by atoms with Crippen molar-refractivity contribution in [3.63, 3.8) is 0 Å². The molecule has 1 saturated heterocycles. The molecule has 9 heteroatoms. The molecule has 160 valence electrons. The van der Waals surface area contributed by atoms with E-state index in [0.29, 0.717) is 16.6 Å². The number of carbonyl (C=O) groups is 1. The zero-order valence-corrected chi connectivity index (χ0v) is 18.2. The van der Waals surface area contributed by atoms with Crippen LogP contribution in [0.1, 0.15) is 24.8 Å². The maximum absolute atomic E-state index is 11.8. The van der Waals surface area contributed by atoms with E-state index in [9.17, 15) is 4.79 Å². The zero-order chi connectivity index (χ0) is 20.9. The Kier molecular flexibility index (Phi) is 6.92. The second-order valence-electron chi connectivity index (χ2n) is 7.78. The van der Waals surface area contributed by atoms with E-state index in [1.54, 1.807) is 12.1 Å². The Morgan fingerprint density at radius 3 is 2.57 bits per heavy atom. The topological polar surface area (TPSA) is 70.6 Å². The summed E-state index contributed by atoms with van der Waals surface area (Å²) in [5, 5.41) is 12.4. The van der Waals surface area contributed by atoms with Gasteiger partial charge in [-0.2, -0.15) is 0 Å². The van der Waals surface area contributed by atoms with Crippen LogP contribution in [0.3, 0.4) is 0 Å². The fourth-order valence-electron chi connectivity index (χ4n) is 3.48. The van der Waals surface area contributed by atoms with Crippen molar-refractivity contribution in [2.75, 3.05) is 37.6 Å². The first-order valence-corrected chi connectivity index (χ1v) is 11.0. The number of ether oxygens (including phenoxy) is 1. The van der Waals surface area contributed by atoms with Crippen LogP contribution in [0.25, 0.3) is 0 Å². The van der Waals surface area contributed by atoms with Gasteiger partial charge in [0.25, 0.3) is 0 Å². The first-order valence-electron chi connectivity index (χ1n) is 10.3. The average Bonchev–Trinajstić information content (AvgIpc) is 3.56. The first kappa shape index (κ1) is 21.2. The van der Waals surface area contributed by atoms with Crippen molar-refractivity contribution in [3.05, 3.63) is 45.9 Å². The molecular weight excluding hydrogens is 425 g/mol. The predicted molar refractivity (Wildman–Crippen MR) is 117 cm³/mol. The van der Waals surface area contributed by atoms with Crippen molar-refractivity contribution in [2.24, 2.45) is 5.92 Å². The Morgan fingerprint density at radius 1 is 1.10 bits per heavy atom. The maximum Gasteiger partial charge on any atom is 0.413 e. The van der Waals surface area contributed by atoms with Gasteiger partial charge < -0.3 is 15.0 Å². The van der Waals surface area contributed by atoms with Crippen LogP contribution in [-0.2, 0) is 6.54 Å². The highest BCUT2D eigenvalue weighted by Gasteiger charge is 2.21. The molecule has 1 N–H and O–H groups in total. The molecule has 2 aliphatic rings. The number of nitrogens with zero attached hydrogens (tertiary/aromatic N) is 4. The van der Waals surface area contributed by atoms with Gasteiger partial charge in [-0.25, -0.2) is 4.79 Å². The van der Waals surface area contributed by atoms with Gasteiger partial charge >= 0.3 is 6.09 Å². The number of anilines is 1.